The molecule has 0 spiro atoms. The van der Waals surface area contributed by atoms with Crippen molar-refractivity contribution in [1.82, 2.24) is 5.32 Å². The molecule has 1 aromatic rings. The Kier molecular flexibility index (Phi) is 4.13. The lowest BCUT2D eigenvalue weighted by atomic mass is 9.77. The zero-order valence-electron chi connectivity index (χ0n) is 12.0. The topological polar surface area (TPSA) is 38.3 Å². The fourth-order valence-electron chi connectivity index (χ4n) is 2.34. The van der Waals surface area contributed by atoms with Crippen LogP contribution in [-0.2, 0) is 4.74 Å². The molecule has 1 aromatic carbocycles. The second kappa shape index (κ2) is 5.64. The van der Waals surface area contributed by atoms with Crippen molar-refractivity contribution < 1.29 is 9.53 Å². The van der Waals surface area contributed by atoms with Crippen LogP contribution >= 0.6 is 0 Å². The monoisotopic (exact) mass is 261 g/mol. The van der Waals surface area contributed by atoms with Crippen LogP contribution in [0.2, 0.25) is 0 Å². The molecule has 0 heterocycles. The fraction of sp³-hybridized carbons (Fsp3) is 0.562. The highest BCUT2D eigenvalue weighted by Crippen LogP contribution is 2.37. The molecule has 3 heteroatoms. The smallest absolute Gasteiger partial charge is 0.408 e. The van der Waals surface area contributed by atoms with E-state index in [1.165, 1.54) is 19.3 Å². The van der Waals surface area contributed by atoms with Crippen molar-refractivity contribution in [1.29, 1.82) is 0 Å². The van der Waals surface area contributed by atoms with Gasteiger partial charge in [0.25, 0.3) is 0 Å². The first kappa shape index (κ1) is 13.9. The van der Waals surface area contributed by atoms with Crippen LogP contribution in [0.4, 0.5) is 4.79 Å². The Bertz CT molecular complexity index is 418. The number of alkyl carbamates (subject to hydrolysis) is 1. The van der Waals surface area contributed by atoms with Crippen LogP contribution in [0.15, 0.2) is 30.3 Å². The molecule has 0 aromatic heterocycles. The lowest BCUT2D eigenvalue weighted by Crippen LogP contribution is -2.39. The number of carbonyl (C=O) groups is 1. The Morgan fingerprint density at radius 3 is 2.37 bits per heavy atom. The highest BCUT2D eigenvalue weighted by atomic mass is 16.6. The predicted octanol–water partition coefficient (Wildman–Crippen LogP) is 4.05. The average molecular weight is 261 g/mol. The van der Waals surface area contributed by atoms with Crippen molar-refractivity contribution in [2.24, 2.45) is 5.92 Å². The number of ether oxygens (including phenoxy) is 1. The zero-order valence-corrected chi connectivity index (χ0v) is 12.0. The molecule has 1 N–H and O–H groups in total. The number of hydrogen-bond acceptors (Lipinski definition) is 2. The molecule has 3 nitrogen and oxygen atoms in total. The number of carbonyl (C=O) groups excluding carboxylic acids is 1. The lowest BCUT2D eigenvalue weighted by Gasteiger charge is -2.35. The molecule has 1 aliphatic rings. The van der Waals surface area contributed by atoms with E-state index in [-0.39, 0.29) is 12.1 Å². The second-order valence-electron chi connectivity index (χ2n) is 6.23. The minimum Gasteiger partial charge on any atom is -0.444 e. The number of benzene rings is 1. The standard InChI is InChI=1S/C16H23NO2/c1-16(2,3)19-15(18)17-14(13-10-7-11-13)12-8-5-4-6-9-12/h4-6,8-9,13-14H,7,10-11H2,1-3H3,(H,17,18)/t14-/m0/s1. The molecule has 1 saturated carbocycles. The maximum atomic E-state index is 12.0. The molecule has 2 rings (SSSR count). The molecule has 1 amide bonds. The fourth-order valence-corrected chi connectivity index (χ4v) is 2.34. The van der Waals surface area contributed by atoms with Gasteiger partial charge in [-0.05, 0) is 45.1 Å². The first-order valence-electron chi connectivity index (χ1n) is 7.00. The van der Waals surface area contributed by atoms with Crippen molar-refractivity contribution in [2.75, 3.05) is 0 Å². The first-order chi connectivity index (χ1) is 8.96. The number of amides is 1. The van der Waals surface area contributed by atoms with E-state index in [0.717, 1.165) is 5.56 Å². The summed E-state index contributed by atoms with van der Waals surface area (Å²) in [7, 11) is 0. The van der Waals surface area contributed by atoms with Gasteiger partial charge in [0.2, 0.25) is 0 Å². The Balaban J connectivity index is 2.05. The average Bonchev–Trinajstić information content (AvgIpc) is 2.24. The van der Waals surface area contributed by atoms with E-state index >= 15 is 0 Å². The third-order valence-electron chi connectivity index (χ3n) is 3.45. The van der Waals surface area contributed by atoms with Gasteiger partial charge < -0.3 is 10.1 Å². The molecule has 0 unspecified atom stereocenters. The summed E-state index contributed by atoms with van der Waals surface area (Å²) in [5.74, 6) is 0.537. The Morgan fingerprint density at radius 1 is 1.26 bits per heavy atom. The van der Waals surface area contributed by atoms with E-state index in [2.05, 4.69) is 17.4 Å². The van der Waals surface area contributed by atoms with E-state index in [9.17, 15) is 4.79 Å². The third-order valence-corrected chi connectivity index (χ3v) is 3.45. The van der Waals surface area contributed by atoms with Crippen molar-refractivity contribution >= 4 is 6.09 Å². The number of nitrogens with one attached hydrogen (secondary N) is 1. The van der Waals surface area contributed by atoms with E-state index in [0.29, 0.717) is 5.92 Å². The number of hydrogen-bond donors (Lipinski definition) is 1. The van der Waals surface area contributed by atoms with Gasteiger partial charge in [0.05, 0.1) is 6.04 Å². The molecule has 0 aliphatic heterocycles. The van der Waals surface area contributed by atoms with Crippen LogP contribution in [0.3, 0.4) is 0 Å². The third kappa shape index (κ3) is 3.98. The molecule has 0 radical (unpaired) electrons. The molecule has 1 aliphatic carbocycles. The summed E-state index contributed by atoms with van der Waals surface area (Å²) < 4.78 is 5.36. The minimum absolute atomic E-state index is 0.0739. The quantitative estimate of drug-likeness (QED) is 0.891. The Morgan fingerprint density at radius 2 is 1.89 bits per heavy atom. The molecule has 1 atom stereocenters. The van der Waals surface area contributed by atoms with Crippen LogP contribution in [0.25, 0.3) is 0 Å². The predicted molar refractivity (Wildman–Crippen MR) is 75.9 cm³/mol. The molecule has 0 saturated heterocycles. The van der Waals surface area contributed by atoms with E-state index in [1.54, 1.807) is 0 Å². The minimum atomic E-state index is -0.453. The van der Waals surface area contributed by atoms with Crippen molar-refractivity contribution in [2.45, 2.75) is 51.7 Å². The van der Waals surface area contributed by atoms with Gasteiger partial charge >= 0.3 is 6.09 Å². The number of rotatable bonds is 3. The molecular formula is C16H23NO2. The van der Waals surface area contributed by atoms with Gasteiger partial charge in [0.15, 0.2) is 0 Å². The summed E-state index contributed by atoms with van der Waals surface area (Å²) in [5, 5.41) is 3.03. The van der Waals surface area contributed by atoms with Crippen LogP contribution in [0.5, 0.6) is 0 Å². The SMILES string of the molecule is CC(C)(C)OC(=O)N[C@@H](c1ccccc1)C1CCC1. The summed E-state index contributed by atoms with van der Waals surface area (Å²) in [6.45, 7) is 5.65. The van der Waals surface area contributed by atoms with Crippen LogP contribution < -0.4 is 5.32 Å². The summed E-state index contributed by atoms with van der Waals surface area (Å²) in [4.78, 5) is 12.0. The molecule has 1 fully saturated rings. The van der Waals surface area contributed by atoms with E-state index in [1.807, 2.05) is 39.0 Å². The highest BCUT2D eigenvalue weighted by Gasteiger charge is 2.30. The molecule has 0 bridgehead atoms. The van der Waals surface area contributed by atoms with Crippen LogP contribution in [-0.4, -0.2) is 11.7 Å². The van der Waals surface area contributed by atoms with Crippen molar-refractivity contribution in [3.63, 3.8) is 0 Å². The van der Waals surface area contributed by atoms with Gasteiger partial charge in [-0.25, -0.2) is 4.79 Å². The molecule has 19 heavy (non-hydrogen) atoms. The summed E-state index contributed by atoms with van der Waals surface area (Å²) in [5.41, 5.74) is 0.711. The van der Waals surface area contributed by atoms with Gasteiger partial charge in [0, 0.05) is 0 Å². The van der Waals surface area contributed by atoms with E-state index in [4.69, 9.17) is 4.74 Å². The van der Waals surface area contributed by atoms with Gasteiger partial charge in [-0.3, -0.25) is 0 Å². The maximum absolute atomic E-state index is 12.0. The molecule has 104 valence electrons. The normalized spacial score (nSPS) is 17.4. The van der Waals surface area contributed by atoms with Crippen LogP contribution in [0, 0.1) is 5.92 Å². The van der Waals surface area contributed by atoms with Crippen molar-refractivity contribution in [3.8, 4) is 0 Å². The Hall–Kier alpha value is -1.51. The zero-order chi connectivity index (χ0) is 13.9. The first-order valence-corrected chi connectivity index (χ1v) is 7.00. The van der Waals surface area contributed by atoms with Gasteiger partial charge in [0.1, 0.15) is 5.60 Å². The van der Waals surface area contributed by atoms with E-state index < -0.39 is 5.60 Å². The van der Waals surface area contributed by atoms with Gasteiger partial charge in [-0.15, -0.1) is 0 Å². The lowest BCUT2D eigenvalue weighted by molar-refractivity contribution is 0.0464. The summed E-state index contributed by atoms with van der Waals surface area (Å²) in [6.07, 6.45) is 3.28. The summed E-state index contributed by atoms with van der Waals surface area (Å²) in [6, 6.07) is 10.2. The Labute approximate surface area is 115 Å². The van der Waals surface area contributed by atoms with Crippen molar-refractivity contribution in [3.05, 3.63) is 35.9 Å². The van der Waals surface area contributed by atoms with Gasteiger partial charge in [-0.2, -0.15) is 0 Å². The maximum Gasteiger partial charge on any atom is 0.408 e. The molecular weight excluding hydrogens is 238 g/mol. The van der Waals surface area contributed by atoms with Crippen LogP contribution in [0.1, 0.15) is 51.6 Å². The van der Waals surface area contributed by atoms with Gasteiger partial charge in [-0.1, -0.05) is 36.8 Å². The summed E-state index contributed by atoms with van der Waals surface area (Å²) >= 11 is 0. The largest absolute Gasteiger partial charge is 0.444 e. The highest BCUT2D eigenvalue weighted by molar-refractivity contribution is 5.68. The second-order valence-corrected chi connectivity index (χ2v) is 6.23.